The first-order chi connectivity index (χ1) is 9.40. The van der Waals surface area contributed by atoms with Crippen LogP contribution in [0.1, 0.15) is 0 Å². The van der Waals surface area contributed by atoms with Crippen LogP contribution in [0.15, 0.2) is 0 Å². The van der Waals surface area contributed by atoms with Crippen molar-refractivity contribution < 1.29 is 52.8 Å². The van der Waals surface area contributed by atoms with Crippen LogP contribution < -0.4 is 0 Å². The smallest absolute Gasteiger partial charge is 0.354 e. The molecule has 0 aromatic rings. The van der Waals surface area contributed by atoms with Gasteiger partial charge in [0.1, 0.15) is 0 Å². The summed E-state index contributed by atoms with van der Waals surface area (Å²) in [6.45, 7) is 0. The lowest BCUT2D eigenvalue weighted by Gasteiger charge is -2.33. The van der Waals surface area contributed by atoms with Crippen molar-refractivity contribution in [2.75, 3.05) is 21.3 Å². The van der Waals surface area contributed by atoms with Crippen LogP contribution in [-0.2, 0) is 17.7 Å². The van der Waals surface area contributed by atoms with E-state index in [2.05, 4.69) is 17.7 Å². The maximum absolute atomic E-state index is 13.3. The largest absolute Gasteiger partial charge is 0.683 e. The summed E-state index contributed by atoms with van der Waals surface area (Å²) >= 11 is 0. The average Bonchev–Trinajstić information content (AvgIpc) is 2.42. The zero-order valence-corrected chi connectivity index (χ0v) is 11.9. The Balaban J connectivity index is 5.36. The lowest BCUT2D eigenvalue weighted by Crippen LogP contribution is -2.60. The Kier molecular flexibility index (Phi) is 7.00. The van der Waals surface area contributed by atoms with Crippen molar-refractivity contribution in [1.29, 1.82) is 0 Å². The van der Waals surface area contributed by atoms with Gasteiger partial charge in [-0.3, -0.25) is 4.43 Å². The van der Waals surface area contributed by atoms with Crippen LogP contribution in [0.3, 0.4) is 0 Å². The highest BCUT2D eigenvalue weighted by Gasteiger charge is 2.70. The Hall–Kier alpha value is -0.503. The molecule has 0 spiro atoms. The Morgan fingerprint density at radius 2 is 1.19 bits per heavy atom. The zero-order valence-electron chi connectivity index (χ0n) is 10.9. The summed E-state index contributed by atoms with van der Waals surface area (Å²) in [7, 11) is -2.66. The highest BCUT2D eigenvalue weighted by atomic mass is 28.4. The van der Waals surface area contributed by atoms with E-state index in [1.807, 2.05) is 0 Å². The lowest BCUT2D eigenvalue weighted by molar-refractivity contribution is -0.354. The van der Waals surface area contributed by atoms with Crippen molar-refractivity contribution in [2.45, 2.75) is 30.8 Å². The molecular formula is C8H12F8O4Si. The minimum absolute atomic E-state index is 0.706. The fourth-order valence-electron chi connectivity index (χ4n) is 1.09. The van der Waals surface area contributed by atoms with Gasteiger partial charge in [-0.1, -0.05) is 0 Å². The molecule has 0 saturated carbocycles. The SMILES string of the molecule is CO[Si](OC)(OC)OC(F)(F)C(F)(F)C(F)C(F)C(F)F. The monoisotopic (exact) mass is 352 g/mol. The van der Waals surface area contributed by atoms with Gasteiger partial charge in [0, 0.05) is 21.3 Å². The summed E-state index contributed by atoms with van der Waals surface area (Å²) in [6, 6.07) is 0. The number of rotatable bonds is 9. The van der Waals surface area contributed by atoms with E-state index in [0.29, 0.717) is 21.3 Å². The molecule has 4 nitrogen and oxygen atoms in total. The molecule has 0 aliphatic heterocycles. The van der Waals surface area contributed by atoms with Crippen molar-refractivity contribution in [3.63, 3.8) is 0 Å². The highest BCUT2D eigenvalue weighted by Crippen LogP contribution is 2.43. The van der Waals surface area contributed by atoms with E-state index in [9.17, 15) is 35.1 Å². The first-order valence-corrected chi connectivity index (χ1v) is 6.71. The molecule has 13 heteroatoms. The number of hydrogen-bond donors (Lipinski definition) is 0. The van der Waals surface area contributed by atoms with Crippen molar-refractivity contribution in [2.24, 2.45) is 0 Å². The summed E-state index contributed by atoms with van der Waals surface area (Å²) in [5.41, 5.74) is 0. The van der Waals surface area contributed by atoms with Gasteiger partial charge in [0.05, 0.1) is 0 Å². The maximum atomic E-state index is 13.3. The predicted molar refractivity (Wildman–Crippen MR) is 53.6 cm³/mol. The Morgan fingerprint density at radius 1 is 0.810 bits per heavy atom. The minimum atomic E-state index is -5.92. The Labute approximate surface area is 115 Å². The van der Waals surface area contributed by atoms with E-state index in [1.54, 1.807) is 0 Å². The summed E-state index contributed by atoms with van der Waals surface area (Å²) in [5.74, 6) is -5.92. The normalized spacial score (nSPS) is 17.1. The van der Waals surface area contributed by atoms with Crippen LogP contribution in [0.2, 0.25) is 0 Å². The van der Waals surface area contributed by atoms with Crippen LogP contribution in [-0.4, -0.2) is 61.2 Å². The van der Waals surface area contributed by atoms with Gasteiger partial charge in [0.15, 0.2) is 6.17 Å². The molecule has 0 aliphatic carbocycles. The van der Waals surface area contributed by atoms with Crippen LogP contribution in [0.4, 0.5) is 35.1 Å². The average molecular weight is 352 g/mol. The number of alkyl halides is 8. The van der Waals surface area contributed by atoms with Crippen molar-refractivity contribution in [3.05, 3.63) is 0 Å². The molecule has 0 N–H and O–H groups in total. The van der Waals surface area contributed by atoms with Gasteiger partial charge in [-0.05, 0) is 0 Å². The first-order valence-electron chi connectivity index (χ1n) is 5.08. The second kappa shape index (κ2) is 7.17. The predicted octanol–water partition coefficient (Wildman–Crippen LogP) is 2.55. The molecule has 0 radical (unpaired) electrons. The second-order valence-electron chi connectivity index (χ2n) is 3.53. The zero-order chi connectivity index (χ0) is 17.1. The van der Waals surface area contributed by atoms with E-state index >= 15 is 0 Å². The van der Waals surface area contributed by atoms with Gasteiger partial charge in [0.2, 0.25) is 6.17 Å². The van der Waals surface area contributed by atoms with Gasteiger partial charge in [-0.15, -0.1) is 0 Å². The Bertz CT molecular complexity index is 319. The second-order valence-corrected chi connectivity index (χ2v) is 5.96. The van der Waals surface area contributed by atoms with Gasteiger partial charge in [-0.2, -0.15) is 17.6 Å². The van der Waals surface area contributed by atoms with E-state index in [-0.39, 0.29) is 0 Å². The third kappa shape index (κ3) is 4.25. The molecule has 128 valence electrons. The molecule has 0 heterocycles. The Morgan fingerprint density at radius 3 is 1.48 bits per heavy atom. The van der Waals surface area contributed by atoms with Crippen molar-refractivity contribution in [3.8, 4) is 0 Å². The molecular weight excluding hydrogens is 340 g/mol. The summed E-state index contributed by atoms with van der Waals surface area (Å²) in [6.07, 6.45) is -18.6. The quantitative estimate of drug-likeness (QED) is 0.472. The topological polar surface area (TPSA) is 36.9 Å². The molecule has 2 atom stereocenters. The van der Waals surface area contributed by atoms with Gasteiger partial charge in [0.25, 0.3) is 6.43 Å². The fraction of sp³-hybridized carbons (Fsp3) is 1.00. The molecule has 0 aliphatic rings. The standard InChI is InChI=1S/C8H12F8O4Si/c1-17-21(18-2,19-3)20-8(15,16)7(13,14)5(10)4(9)6(11)12/h4-6H,1-3H3. The molecule has 0 aromatic heterocycles. The third-order valence-electron chi connectivity index (χ3n) is 2.26. The third-order valence-corrected chi connectivity index (χ3v) is 4.26. The van der Waals surface area contributed by atoms with Crippen LogP contribution in [0.25, 0.3) is 0 Å². The van der Waals surface area contributed by atoms with E-state index in [0.717, 1.165) is 0 Å². The summed E-state index contributed by atoms with van der Waals surface area (Å²) < 4.78 is 118. The van der Waals surface area contributed by atoms with Crippen LogP contribution in [0.5, 0.6) is 0 Å². The minimum Gasteiger partial charge on any atom is -0.354 e. The molecule has 0 rings (SSSR count). The van der Waals surface area contributed by atoms with E-state index < -0.39 is 39.8 Å². The van der Waals surface area contributed by atoms with Gasteiger partial charge >= 0.3 is 21.1 Å². The van der Waals surface area contributed by atoms with E-state index in [4.69, 9.17) is 0 Å². The first kappa shape index (κ1) is 20.5. The van der Waals surface area contributed by atoms with Crippen LogP contribution in [0, 0.1) is 0 Å². The summed E-state index contributed by atoms with van der Waals surface area (Å²) in [5, 5.41) is 0. The van der Waals surface area contributed by atoms with Gasteiger partial charge in [-0.25, -0.2) is 17.6 Å². The molecule has 2 unspecified atom stereocenters. The maximum Gasteiger partial charge on any atom is 0.683 e. The van der Waals surface area contributed by atoms with E-state index in [1.165, 1.54) is 0 Å². The molecule has 0 saturated heterocycles. The molecule has 0 aromatic carbocycles. The highest BCUT2D eigenvalue weighted by molar-refractivity contribution is 6.53. The molecule has 0 fully saturated rings. The lowest BCUT2D eigenvalue weighted by atomic mass is 10.1. The molecule has 0 amide bonds. The molecule has 0 bridgehead atoms. The van der Waals surface area contributed by atoms with Gasteiger partial charge < -0.3 is 13.3 Å². The number of hydrogen-bond acceptors (Lipinski definition) is 4. The fourth-order valence-corrected chi connectivity index (χ4v) is 2.29. The van der Waals surface area contributed by atoms with Crippen molar-refractivity contribution >= 4 is 9.05 Å². The number of halogens is 8. The van der Waals surface area contributed by atoms with Crippen LogP contribution >= 0.6 is 0 Å². The van der Waals surface area contributed by atoms with Crippen molar-refractivity contribution in [1.82, 2.24) is 0 Å². The summed E-state index contributed by atoms with van der Waals surface area (Å²) in [4.78, 5) is 0. The molecule has 21 heavy (non-hydrogen) atoms.